The van der Waals surface area contributed by atoms with Crippen molar-refractivity contribution in [3.63, 3.8) is 0 Å². The van der Waals surface area contributed by atoms with E-state index < -0.39 is 11.6 Å². The predicted molar refractivity (Wildman–Crippen MR) is 63.9 cm³/mol. The van der Waals surface area contributed by atoms with Crippen molar-refractivity contribution < 1.29 is 8.78 Å². The minimum atomic E-state index is -0.611. The summed E-state index contributed by atoms with van der Waals surface area (Å²) in [6, 6.07) is 3.35. The lowest BCUT2D eigenvalue weighted by Gasteiger charge is -1.99. The Labute approximate surface area is 101 Å². The van der Waals surface area contributed by atoms with Crippen LogP contribution < -0.4 is 5.73 Å². The lowest BCUT2D eigenvalue weighted by Crippen LogP contribution is -1.89. The second kappa shape index (κ2) is 3.77. The van der Waals surface area contributed by atoms with Crippen LogP contribution in [0.3, 0.4) is 0 Å². The summed E-state index contributed by atoms with van der Waals surface area (Å²) in [5.41, 5.74) is 6.75. The average Bonchev–Trinajstić information content (AvgIpc) is 3.01. The smallest absolute Gasteiger partial charge is 0.126 e. The molecule has 0 atom stereocenters. The third kappa shape index (κ3) is 2.02. The van der Waals surface area contributed by atoms with Crippen LogP contribution in [-0.4, -0.2) is 4.98 Å². The molecule has 0 saturated heterocycles. The second-order valence-electron chi connectivity index (χ2n) is 4.20. The number of nitrogens with two attached hydrogens (primary N) is 1. The zero-order chi connectivity index (χ0) is 12.0. The number of nitrogens with zero attached hydrogens (tertiary/aromatic N) is 1. The highest BCUT2D eigenvalue weighted by molar-refractivity contribution is 7.16. The molecule has 1 aromatic heterocycles. The van der Waals surface area contributed by atoms with E-state index in [1.165, 1.54) is 23.5 Å². The Morgan fingerprint density at radius 2 is 1.82 bits per heavy atom. The molecular weight excluding hydrogens is 242 g/mol. The Hall–Kier alpha value is -1.49. The van der Waals surface area contributed by atoms with Crippen LogP contribution in [0.2, 0.25) is 0 Å². The summed E-state index contributed by atoms with van der Waals surface area (Å²) in [5, 5.41) is 1.50. The summed E-state index contributed by atoms with van der Waals surface area (Å²) < 4.78 is 26.2. The normalized spacial score (nSPS) is 15.2. The van der Waals surface area contributed by atoms with Crippen LogP contribution in [0.1, 0.15) is 23.8 Å². The van der Waals surface area contributed by atoms with Crippen molar-refractivity contribution in [2.45, 2.75) is 18.8 Å². The lowest BCUT2D eigenvalue weighted by molar-refractivity contribution is 0.584. The minimum Gasteiger partial charge on any atom is -0.389 e. The van der Waals surface area contributed by atoms with E-state index in [9.17, 15) is 8.78 Å². The van der Waals surface area contributed by atoms with Crippen LogP contribution in [0.4, 0.5) is 13.8 Å². The molecule has 3 rings (SSSR count). The minimum absolute atomic E-state index is 0.406. The summed E-state index contributed by atoms with van der Waals surface area (Å²) in [6.07, 6.45) is 2.26. The highest BCUT2D eigenvalue weighted by Crippen LogP contribution is 2.45. The molecule has 1 aliphatic carbocycles. The fourth-order valence-electron chi connectivity index (χ4n) is 1.75. The molecule has 1 aliphatic rings. The number of rotatable bonds is 2. The molecule has 2 N–H and O–H groups in total. The lowest BCUT2D eigenvalue weighted by atomic mass is 10.1. The van der Waals surface area contributed by atoms with Gasteiger partial charge >= 0.3 is 0 Å². The molecule has 0 unspecified atom stereocenters. The summed E-state index contributed by atoms with van der Waals surface area (Å²) >= 11 is 1.41. The van der Waals surface area contributed by atoms with Gasteiger partial charge in [-0.3, -0.25) is 0 Å². The Morgan fingerprint density at radius 3 is 2.41 bits per heavy atom. The van der Waals surface area contributed by atoms with Crippen LogP contribution in [0.25, 0.3) is 11.3 Å². The summed E-state index contributed by atoms with van der Waals surface area (Å²) in [7, 11) is 0. The number of halogens is 2. The van der Waals surface area contributed by atoms with E-state index in [1.54, 1.807) is 0 Å². The molecule has 1 aromatic carbocycles. The number of nitrogen functional groups attached to an aromatic ring is 1. The number of anilines is 1. The first-order valence-corrected chi connectivity index (χ1v) is 6.18. The third-order valence-electron chi connectivity index (χ3n) is 2.73. The Kier molecular flexibility index (Phi) is 2.36. The van der Waals surface area contributed by atoms with E-state index in [0.717, 1.165) is 23.9 Å². The van der Waals surface area contributed by atoms with E-state index in [1.807, 2.05) is 0 Å². The molecule has 2 aromatic rings. The molecule has 1 heterocycles. The summed E-state index contributed by atoms with van der Waals surface area (Å²) in [6.45, 7) is 0. The molecule has 1 fully saturated rings. The molecule has 0 radical (unpaired) electrons. The first-order valence-electron chi connectivity index (χ1n) is 5.36. The third-order valence-corrected chi connectivity index (χ3v) is 3.78. The van der Waals surface area contributed by atoms with Gasteiger partial charge in [0.25, 0.3) is 0 Å². The highest BCUT2D eigenvalue weighted by Gasteiger charge is 2.28. The molecular formula is C12H10F2N2S. The van der Waals surface area contributed by atoms with E-state index >= 15 is 0 Å². The van der Waals surface area contributed by atoms with Gasteiger partial charge in [0.2, 0.25) is 0 Å². The molecule has 0 aliphatic heterocycles. The number of benzene rings is 1. The van der Waals surface area contributed by atoms with Gasteiger partial charge in [-0.25, -0.2) is 13.8 Å². The van der Waals surface area contributed by atoms with Crippen LogP contribution >= 0.6 is 11.3 Å². The fraction of sp³-hybridized carbons (Fsp3) is 0.250. The average molecular weight is 252 g/mol. The summed E-state index contributed by atoms with van der Waals surface area (Å²) in [4.78, 5) is 4.38. The monoisotopic (exact) mass is 252 g/mol. The van der Waals surface area contributed by atoms with Crippen LogP contribution in [0, 0.1) is 11.6 Å². The van der Waals surface area contributed by atoms with Crippen molar-refractivity contribution in [3.8, 4) is 11.3 Å². The zero-order valence-electron chi connectivity index (χ0n) is 8.91. The highest BCUT2D eigenvalue weighted by atomic mass is 32.1. The van der Waals surface area contributed by atoms with Crippen molar-refractivity contribution in [1.82, 2.24) is 4.98 Å². The van der Waals surface area contributed by atoms with E-state index in [-0.39, 0.29) is 0 Å². The number of hydrogen-bond donors (Lipinski definition) is 1. The predicted octanol–water partition coefficient (Wildman–Crippen LogP) is 3.55. The van der Waals surface area contributed by atoms with Crippen LogP contribution in [0.15, 0.2) is 18.2 Å². The Morgan fingerprint density at radius 1 is 1.18 bits per heavy atom. The second-order valence-corrected chi connectivity index (χ2v) is 5.26. The van der Waals surface area contributed by atoms with Gasteiger partial charge in [-0.15, -0.1) is 11.3 Å². The van der Waals surface area contributed by atoms with E-state index in [2.05, 4.69) is 4.98 Å². The maximum Gasteiger partial charge on any atom is 0.126 e. The molecule has 5 heteroatoms. The zero-order valence-corrected chi connectivity index (χ0v) is 9.73. The summed E-state index contributed by atoms with van der Waals surface area (Å²) in [5.74, 6) is -0.727. The number of hydrogen-bond acceptors (Lipinski definition) is 3. The van der Waals surface area contributed by atoms with Crippen LogP contribution in [0.5, 0.6) is 0 Å². The largest absolute Gasteiger partial charge is 0.389 e. The number of thiazole rings is 1. The molecule has 2 nitrogen and oxygen atoms in total. The van der Waals surface area contributed by atoms with Crippen molar-refractivity contribution in [1.29, 1.82) is 0 Å². The molecule has 17 heavy (non-hydrogen) atoms. The first kappa shape index (κ1) is 10.7. The van der Waals surface area contributed by atoms with Gasteiger partial charge < -0.3 is 5.73 Å². The van der Waals surface area contributed by atoms with Gasteiger partial charge in [0, 0.05) is 17.5 Å². The Bertz CT molecular complexity index is 556. The Balaban J connectivity index is 2.07. The molecule has 0 amide bonds. The fourth-order valence-corrected chi connectivity index (χ4v) is 2.78. The molecule has 0 bridgehead atoms. The molecule has 88 valence electrons. The topological polar surface area (TPSA) is 38.9 Å². The van der Waals surface area contributed by atoms with Crippen molar-refractivity contribution in [3.05, 3.63) is 34.8 Å². The maximum absolute atomic E-state index is 13.1. The quantitative estimate of drug-likeness (QED) is 0.887. The maximum atomic E-state index is 13.1. The SMILES string of the molecule is Nc1sc(C2CC2)nc1-c1cc(F)cc(F)c1. The van der Waals surface area contributed by atoms with Crippen molar-refractivity contribution >= 4 is 16.3 Å². The van der Waals surface area contributed by atoms with Crippen molar-refractivity contribution in [2.24, 2.45) is 0 Å². The van der Waals surface area contributed by atoms with Gasteiger partial charge in [0.05, 0.1) is 5.01 Å². The van der Waals surface area contributed by atoms with Gasteiger partial charge in [0.15, 0.2) is 0 Å². The van der Waals surface area contributed by atoms with Gasteiger partial charge in [-0.1, -0.05) is 0 Å². The molecule has 0 spiro atoms. The van der Waals surface area contributed by atoms with E-state index in [4.69, 9.17) is 5.73 Å². The van der Waals surface area contributed by atoms with Crippen molar-refractivity contribution in [2.75, 3.05) is 5.73 Å². The standard InChI is InChI=1S/C12H10F2N2S/c13-8-3-7(4-9(14)5-8)10-11(15)17-12(16-10)6-1-2-6/h3-6H,1-2,15H2. The van der Waals surface area contributed by atoms with E-state index in [0.29, 0.717) is 22.2 Å². The first-order chi connectivity index (χ1) is 8.13. The number of aromatic nitrogens is 1. The van der Waals surface area contributed by atoms with Crippen LogP contribution in [-0.2, 0) is 0 Å². The van der Waals surface area contributed by atoms with Gasteiger partial charge in [-0.2, -0.15) is 0 Å². The van der Waals surface area contributed by atoms with Gasteiger partial charge in [-0.05, 0) is 25.0 Å². The molecule has 1 saturated carbocycles. The van der Waals surface area contributed by atoms with Gasteiger partial charge in [0.1, 0.15) is 22.3 Å².